The van der Waals surface area contributed by atoms with Crippen molar-refractivity contribution in [1.82, 2.24) is 0 Å². The SMILES string of the molecule is CC1OCC(CN)(CN)O1. The van der Waals surface area contributed by atoms with E-state index in [0.29, 0.717) is 19.7 Å². The Kier molecular flexibility index (Phi) is 2.25. The Labute approximate surface area is 60.5 Å². The van der Waals surface area contributed by atoms with E-state index < -0.39 is 5.60 Å². The van der Waals surface area contributed by atoms with Gasteiger partial charge in [0, 0.05) is 13.1 Å². The van der Waals surface area contributed by atoms with Crippen LogP contribution in [0.3, 0.4) is 0 Å². The minimum absolute atomic E-state index is 0.160. The molecule has 0 saturated carbocycles. The summed E-state index contributed by atoms with van der Waals surface area (Å²) >= 11 is 0. The Morgan fingerprint density at radius 3 is 2.30 bits per heavy atom. The third kappa shape index (κ3) is 1.29. The van der Waals surface area contributed by atoms with Crippen molar-refractivity contribution in [3.63, 3.8) is 0 Å². The van der Waals surface area contributed by atoms with E-state index in [1.165, 1.54) is 0 Å². The molecule has 1 aliphatic heterocycles. The fourth-order valence-electron chi connectivity index (χ4n) is 0.987. The van der Waals surface area contributed by atoms with Crippen LogP contribution in [0.4, 0.5) is 0 Å². The van der Waals surface area contributed by atoms with E-state index in [-0.39, 0.29) is 6.29 Å². The fraction of sp³-hybridized carbons (Fsp3) is 1.00. The highest BCUT2D eigenvalue weighted by Crippen LogP contribution is 2.20. The molecular formula is C6H14N2O2. The van der Waals surface area contributed by atoms with Crippen LogP contribution in [0.5, 0.6) is 0 Å². The summed E-state index contributed by atoms with van der Waals surface area (Å²) in [5.74, 6) is 0. The van der Waals surface area contributed by atoms with Gasteiger partial charge in [-0.05, 0) is 6.92 Å². The van der Waals surface area contributed by atoms with Gasteiger partial charge in [-0.1, -0.05) is 0 Å². The summed E-state index contributed by atoms with van der Waals surface area (Å²) in [6, 6.07) is 0. The van der Waals surface area contributed by atoms with Crippen LogP contribution < -0.4 is 11.5 Å². The van der Waals surface area contributed by atoms with Gasteiger partial charge >= 0.3 is 0 Å². The summed E-state index contributed by atoms with van der Waals surface area (Å²) in [6.07, 6.45) is -0.160. The van der Waals surface area contributed by atoms with Crippen LogP contribution in [0.25, 0.3) is 0 Å². The maximum atomic E-state index is 5.46. The number of hydrogen-bond donors (Lipinski definition) is 2. The van der Waals surface area contributed by atoms with Gasteiger partial charge in [-0.2, -0.15) is 0 Å². The smallest absolute Gasteiger partial charge is 0.155 e. The van der Waals surface area contributed by atoms with Crippen LogP contribution in [0.15, 0.2) is 0 Å². The number of ether oxygens (including phenoxy) is 2. The first-order valence-electron chi connectivity index (χ1n) is 3.42. The van der Waals surface area contributed by atoms with Crippen LogP contribution >= 0.6 is 0 Å². The maximum absolute atomic E-state index is 5.46. The predicted molar refractivity (Wildman–Crippen MR) is 37.3 cm³/mol. The molecule has 1 fully saturated rings. The average Bonchev–Trinajstić information content (AvgIpc) is 2.33. The highest BCUT2D eigenvalue weighted by molar-refractivity contribution is 4.86. The molecule has 0 aromatic rings. The van der Waals surface area contributed by atoms with Gasteiger partial charge < -0.3 is 20.9 Å². The second-order valence-corrected chi connectivity index (χ2v) is 2.59. The van der Waals surface area contributed by atoms with Gasteiger partial charge in [-0.25, -0.2) is 0 Å². The zero-order valence-corrected chi connectivity index (χ0v) is 6.17. The molecule has 1 saturated heterocycles. The first-order valence-corrected chi connectivity index (χ1v) is 3.42. The molecule has 0 bridgehead atoms. The van der Waals surface area contributed by atoms with Gasteiger partial charge in [-0.15, -0.1) is 0 Å². The van der Waals surface area contributed by atoms with Crippen molar-refractivity contribution in [2.75, 3.05) is 19.7 Å². The summed E-state index contributed by atoms with van der Waals surface area (Å²) in [4.78, 5) is 0. The molecular weight excluding hydrogens is 132 g/mol. The second-order valence-electron chi connectivity index (χ2n) is 2.59. The molecule has 0 aliphatic carbocycles. The molecule has 4 nitrogen and oxygen atoms in total. The van der Waals surface area contributed by atoms with Gasteiger partial charge in [-0.3, -0.25) is 0 Å². The van der Waals surface area contributed by atoms with E-state index in [1.54, 1.807) is 0 Å². The largest absolute Gasteiger partial charge is 0.350 e. The predicted octanol–water partition coefficient (Wildman–Crippen LogP) is -0.965. The lowest BCUT2D eigenvalue weighted by Crippen LogP contribution is -2.47. The highest BCUT2D eigenvalue weighted by atomic mass is 16.7. The Bertz CT molecular complexity index is 114. The number of hydrogen-bond acceptors (Lipinski definition) is 4. The maximum Gasteiger partial charge on any atom is 0.155 e. The lowest BCUT2D eigenvalue weighted by atomic mass is 10.1. The Morgan fingerprint density at radius 1 is 1.50 bits per heavy atom. The van der Waals surface area contributed by atoms with Crippen molar-refractivity contribution in [2.45, 2.75) is 18.8 Å². The van der Waals surface area contributed by atoms with Gasteiger partial charge in [0.2, 0.25) is 0 Å². The molecule has 1 rings (SSSR count). The lowest BCUT2D eigenvalue weighted by molar-refractivity contribution is -0.0702. The molecule has 1 unspecified atom stereocenters. The van der Waals surface area contributed by atoms with E-state index in [2.05, 4.69) is 0 Å². The molecule has 1 heterocycles. The van der Waals surface area contributed by atoms with E-state index in [0.717, 1.165) is 0 Å². The molecule has 4 heteroatoms. The van der Waals surface area contributed by atoms with Crippen LogP contribution in [-0.2, 0) is 9.47 Å². The molecule has 0 spiro atoms. The monoisotopic (exact) mass is 146 g/mol. The summed E-state index contributed by atoms with van der Waals surface area (Å²) in [6.45, 7) is 3.20. The number of nitrogens with two attached hydrogens (primary N) is 2. The van der Waals surface area contributed by atoms with Gasteiger partial charge in [0.1, 0.15) is 5.60 Å². The summed E-state index contributed by atoms with van der Waals surface area (Å²) in [5.41, 5.74) is 10.5. The van der Waals surface area contributed by atoms with Crippen LogP contribution in [0, 0.1) is 0 Å². The summed E-state index contributed by atoms with van der Waals surface area (Å²) in [5, 5.41) is 0. The van der Waals surface area contributed by atoms with E-state index in [9.17, 15) is 0 Å². The first kappa shape index (κ1) is 7.94. The Balaban J connectivity index is 2.51. The summed E-state index contributed by atoms with van der Waals surface area (Å²) in [7, 11) is 0. The molecule has 0 aromatic heterocycles. The topological polar surface area (TPSA) is 70.5 Å². The van der Waals surface area contributed by atoms with E-state index >= 15 is 0 Å². The third-order valence-electron chi connectivity index (χ3n) is 1.74. The zero-order valence-electron chi connectivity index (χ0n) is 6.17. The van der Waals surface area contributed by atoms with Crippen LogP contribution in [0.1, 0.15) is 6.92 Å². The quantitative estimate of drug-likeness (QED) is 0.526. The molecule has 4 N–H and O–H groups in total. The molecule has 0 amide bonds. The second kappa shape index (κ2) is 2.84. The molecule has 10 heavy (non-hydrogen) atoms. The van der Waals surface area contributed by atoms with Crippen molar-refractivity contribution >= 4 is 0 Å². The molecule has 0 aromatic carbocycles. The van der Waals surface area contributed by atoms with Crippen molar-refractivity contribution < 1.29 is 9.47 Å². The minimum Gasteiger partial charge on any atom is -0.350 e. The van der Waals surface area contributed by atoms with Crippen LogP contribution in [-0.4, -0.2) is 31.6 Å². The Morgan fingerprint density at radius 2 is 2.10 bits per heavy atom. The number of rotatable bonds is 2. The standard InChI is InChI=1S/C6H14N2O2/c1-5-9-4-6(2-7,3-8)10-5/h5H,2-4,7-8H2,1H3. The first-order chi connectivity index (χ1) is 4.72. The van der Waals surface area contributed by atoms with Gasteiger partial charge in [0.15, 0.2) is 6.29 Å². The Hall–Kier alpha value is -0.160. The zero-order chi connectivity index (χ0) is 7.61. The molecule has 1 atom stereocenters. The molecule has 1 aliphatic rings. The lowest BCUT2D eigenvalue weighted by Gasteiger charge is -2.22. The van der Waals surface area contributed by atoms with Crippen molar-refractivity contribution in [1.29, 1.82) is 0 Å². The minimum atomic E-state index is -0.417. The van der Waals surface area contributed by atoms with E-state index in [4.69, 9.17) is 20.9 Å². The fourth-order valence-corrected chi connectivity index (χ4v) is 0.987. The van der Waals surface area contributed by atoms with Gasteiger partial charge in [0.25, 0.3) is 0 Å². The molecule has 60 valence electrons. The van der Waals surface area contributed by atoms with E-state index in [1.807, 2.05) is 6.92 Å². The van der Waals surface area contributed by atoms with Crippen molar-refractivity contribution in [2.24, 2.45) is 11.5 Å². The highest BCUT2D eigenvalue weighted by Gasteiger charge is 2.36. The summed E-state index contributed by atoms with van der Waals surface area (Å²) < 4.78 is 10.5. The third-order valence-corrected chi connectivity index (χ3v) is 1.74. The normalized spacial score (nSPS) is 30.9. The average molecular weight is 146 g/mol. The van der Waals surface area contributed by atoms with Crippen molar-refractivity contribution in [3.05, 3.63) is 0 Å². The van der Waals surface area contributed by atoms with Crippen LogP contribution in [0.2, 0.25) is 0 Å². The van der Waals surface area contributed by atoms with Gasteiger partial charge in [0.05, 0.1) is 6.61 Å². The molecule has 0 radical (unpaired) electrons. The van der Waals surface area contributed by atoms with Crippen molar-refractivity contribution in [3.8, 4) is 0 Å².